The highest BCUT2D eigenvalue weighted by Crippen LogP contribution is 2.30. The zero-order valence-corrected chi connectivity index (χ0v) is 14.8. The summed E-state index contributed by atoms with van der Waals surface area (Å²) in [5, 5.41) is 21.3. The average molecular weight is 388 g/mol. The van der Waals surface area contributed by atoms with Crippen LogP contribution in [0.1, 0.15) is 5.56 Å². The maximum Gasteiger partial charge on any atom is 0.282 e. The minimum Gasteiger partial charge on any atom is -0.411 e. The Bertz CT molecular complexity index is 1010. The molecule has 0 aliphatic heterocycles. The standard InChI is InChI=1S/C17H13FN4O4S/c1-10-6-7-11(8-13(10)18)19-15(23)9-27-17-21-20-16(26-17)12-4-2-3-5-14(12)22(24)25/h2-8H,9H2,1H3,(H,19,23). The largest absolute Gasteiger partial charge is 0.411 e. The summed E-state index contributed by atoms with van der Waals surface area (Å²) in [5.74, 6) is -0.848. The molecule has 10 heteroatoms. The molecule has 3 rings (SSSR count). The predicted molar refractivity (Wildman–Crippen MR) is 96.9 cm³/mol. The van der Waals surface area contributed by atoms with Crippen LogP contribution in [0.15, 0.2) is 52.1 Å². The molecule has 3 aromatic rings. The van der Waals surface area contributed by atoms with Gasteiger partial charge in [0.2, 0.25) is 5.91 Å². The van der Waals surface area contributed by atoms with Gasteiger partial charge in [-0.15, -0.1) is 10.2 Å². The Kier molecular flexibility index (Phi) is 5.46. The third-order valence-electron chi connectivity index (χ3n) is 3.52. The maximum absolute atomic E-state index is 13.5. The monoisotopic (exact) mass is 388 g/mol. The molecule has 1 amide bonds. The zero-order valence-electron chi connectivity index (χ0n) is 14.0. The van der Waals surface area contributed by atoms with Gasteiger partial charge < -0.3 is 9.73 Å². The van der Waals surface area contributed by atoms with Crippen LogP contribution in [0.4, 0.5) is 15.8 Å². The lowest BCUT2D eigenvalue weighted by molar-refractivity contribution is -0.384. The number of rotatable bonds is 6. The van der Waals surface area contributed by atoms with E-state index in [-0.39, 0.29) is 34.0 Å². The molecule has 0 atom stereocenters. The van der Waals surface area contributed by atoms with E-state index in [2.05, 4.69) is 15.5 Å². The Morgan fingerprint density at radius 3 is 2.81 bits per heavy atom. The fourth-order valence-electron chi connectivity index (χ4n) is 2.19. The lowest BCUT2D eigenvalue weighted by Gasteiger charge is -2.05. The van der Waals surface area contributed by atoms with E-state index in [4.69, 9.17) is 4.42 Å². The number of aromatic nitrogens is 2. The second-order valence-corrected chi connectivity index (χ2v) is 6.37. The second-order valence-electron chi connectivity index (χ2n) is 5.45. The number of amides is 1. The number of nitro benzene ring substituents is 1. The number of carbonyl (C=O) groups is 1. The maximum atomic E-state index is 13.5. The number of para-hydroxylation sites is 1. The van der Waals surface area contributed by atoms with Gasteiger partial charge in [-0.2, -0.15) is 0 Å². The molecule has 1 heterocycles. The van der Waals surface area contributed by atoms with E-state index in [1.54, 1.807) is 25.1 Å². The van der Waals surface area contributed by atoms with Crippen LogP contribution in [0.25, 0.3) is 11.5 Å². The number of nitrogens with one attached hydrogen (secondary N) is 1. The van der Waals surface area contributed by atoms with E-state index < -0.39 is 10.7 Å². The molecule has 1 N–H and O–H groups in total. The van der Waals surface area contributed by atoms with Crippen LogP contribution in [0.5, 0.6) is 0 Å². The van der Waals surface area contributed by atoms with Crippen molar-refractivity contribution in [3.63, 3.8) is 0 Å². The van der Waals surface area contributed by atoms with Crippen molar-refractivity contribution < 1.29 is 18.5 Å². The SMILES string of the molecule is Cc1ccc(NC(=O)CSc2nnc(-c3ccccc3[N+](=O)[O-])o2)cc1F. The van der Waals surface area contributed by atoms with Crippen LogP contribution in [-0.2, 0) is 4.79 Å². The van der Waals surface area contributed by atoms with Crippen LogP contribution in [0, 0.1) is 22.9 Å². The van der Waals surface area contributed by atoms with Crippen LogP contribution < -0.4 is 5.32 Å². The second kappa shape index (κ2) is 7.96. The van der Waals surface area contributed by atoms with Gasteiger partial charge in [-0.3, -0.25) is 14.9 Å². The van der Waals surface area contributed by atoms with Gasteiger partial charge in [-0.05, 0) is 30.7 Å². The van der Waals surface area contributed by atoms with Crippen molar-refractivity contribution in [3.05, 3.63) is 64.0 Å². The number of halogens is 1. The number of nitro groups is 1. The average Bonchev–Trinajstić information content (AvgIpc) is 3.12. The van der Waals surface area contributed by atoms with Crippen molar-refractivity contribution in [1.29, 1.82) is 0 Å². The highest BCUT2D eigenvalue weighted by molar-refractivity contribution is 7.99. The molecule has 0 saturated carbocycles. The van der Waals surface area contributed by atoms with Crippen molar-refractivity contribution in [2.75, 3.05) is 11.1 Å². The van der Waals surface area contributed by atoms with Crippen molar-refractivity contribution >= 4 is 29.0 Å². The van der Waals surface area contributed by atoms with Crippen molar-refractivity contribution in [1.82, 2.24) is 10.2 Å². The quantitative estimate of drug-likeness (QED) is 0.388. The molecule has 0 aliphatic rings. The Balaban J connectivity index is 1.64. The topological polar surface area (TPSA) is 111 Å². The minimum atomic E-state index is -0.541. The van der Waals surface area contributed by atoms with Gasteiger partial charge in [0.05, 0.1) is 10.7 Å². The summed E-state index contributed by atoms with van der Waals surface area (Å²) in [6, 6.07) is 10.4. The third kappa shape index (κ3) is 4.47. The van der Waals surface area contributed by atoms with E-state index in [9.17, 15) is 19.3 Å². The number of aryl methyl sites for hydroxylation is 1. The first-order valence-corrected chi connectivity index (χ1v) is 8.68. The Morgan fingerprint density at radius 1 is 1.30 bits per heavy atom. The smallest absolute Gasteiger partial charge is 0.282 e. The summed E-state index contributed by atoms with van der Waals surface area (Å²) in [5.41, 5.74) is 0.865. The van der Waals surface area contributed by atoms with Gasteiger partial charge >= 0.3 is 0 Å². The van der Waals surface area contributed by atoms with Gasteiger partial charge in [-0.1, -0.05) is 30.0 Å². The van der Waals surface area contributed by atoms with Crippen molar-refractivity contribution in [2.24, 2.45) is 0 Å². The Labute approximate surface area is 156 Å². The summed E-state index contributed by atoms with van der Waals surface area (Å²) in [6.45, 7) is 1.63. The molecular formula is C17H13FN4O4S. The molecule has 0 unspecified atom stereocenters. The highest BCUT2D eigenvalue weighted by Gasteiger charge is 2.20. The normalized spacial score (nSPS) is 10.6. The molecule has 0 aliphatic carbocycles. The molecule has 138 valence electrons. The Morgan fingerprint density at radius 2 is 2.07 bits per heavy atom. The van der Waals surface area contributed by atoms with Gasteiger partial charge in [0.25, 0.3) is 16.8 Å². The summed E-state index contributed by atoms with van der Waals surface area (Å²) < 4.78 is 18.9. The first-order chi connectivity index (χ1) is 12.9. The van der Waals surface area contributed by atoms with Gasteiger partial charge in [-0.25, -0.2) is 4.39 Å². The van der Waals surface area contributed by atoms with Crippen LogP contribution >= 0.6 is 11.8 Å². The molecular weight excluding hydrogens is 375 g/mol. The molecule has 8 nitrogen and oxygen atoms in total. The van der Waals surface area contributed by atoms with E-state index in [1.807, 2.05) is 0 Å². The van der Waals surface area contributed by atoms with E-state index in [0.717, 1.165) is 11.8 Å². The van der Waals surface area contributed by atoms with Crippen LogP contribution in [-0.4, -0.2) is 26.8 Å². The van der Waals surface area contributed by atoms with Crippen molar-refractivity contribution in [2.45, 2.75) is 12.1 Å². The zero-order chi connectivity index (χ0) is 19.4. The number of thioether (sulfide) groups is 1. The molecule has 27 heavy (non-hydrogen) atoms. The summed E-state index contributed by atoms with van der Waals surface area (Å²) in [6.07, 6.45) is 0. The number of nitrogens with zero attached hydrogens (tertiary/aromatic N) is 3. The lowest BCUT2D eigenvalue weighted by Crippen LogP contribution is -2.14. The summed E-state index contributed by atoms with van der Waals surface area (Å²) in [4.78, 5) is 22.5. The molecule has 0 radical (unpaired) electrons. The number of anilines is 1. The molecule has 0 fully saturated rings. The fourth-order valence-corrected chi connectivity index (χ4v) is 2.75. The molecule has 0 saturated heterocycles. The van der Waals surface area contributed by atoms with E-state index in [0.29, 0.717) is 11.3 Å². The number of carbonyl (C=O) groups excluding carboxylic acids is 1. The van der Waals surface area contributed by atoms with Crippen molar-refractivity contribution in [3.8, 4) is 11.5 Å². The summed E-state index contributed by atoms with van der Waals surface area (Å²) >= 11 is 0.969. The minimum absolute atomic E-state index is 0.00851. The third-order valence-corrected chi connectivity index (χ3v) is 4.34. The molecule has 2 aromatic carbocycles. The van der Waals surface area contributed by atoms with Gasteiger partial charge in [0, 0.05) is 11.8 Å². The van der Waals surface area contributed by atoms with E-state index in [1.165, 1.54) is 24.3 Å². The van der Waals surface area contributed by atoms with Crippen LogP contribution in [0.3, 0.4) is 0 Å². The first kappa shape index (κ1) is 18.5. The fraction of sp³-hybridized carbons (Fsp3) is 0.118. The molecule has 0 spiro atoms. The predicted octanol–water partition coefficient (Wildman–Crippen LogP) is 3.82. The van der Waals surface area contributed by atoms with E-state index >= 15 is 0 Å². The number of hydrogen-bond donors (Lipinski definition) is 1. The molecule has 1 aromatic heterocycles. The lowest BCUT2D eigenvalue weighted by atomic mass is 10.2. The highest BCUT2D eigenvalue weighted by atomic mass is 32.2. The number of hydrogen-bond acceptors (Lipinski definition) is 7. The van der Waals surface area contributed by atoms with Crippen LogP contribution in [0.2, 0.25) is 0 Å². The Hall–Kier alpha value is -3.27. The number of benzene rings is 2. The summed E-state index contributed by atoms with van der Waals surface area (Å²) in [7, 11) is 0. The van der Waals surface area contributed by atoms with Gasteiger partial charge in [0.1, 0.15) is 11.4 Å². The molecule has 0 bridgehead atoms. The first-order valence-electron chi connectivity index (χ1n) is 7.70. The van der Waals surface area contributed by atoms with Gasteiger partial charge in [0.15, 0.2) is 0 Å².